The first kappa shape index (κ1) is 15.8. The summed E-state index contributed by atoms with van der Waals surface area (Å²) in [4.78, 5) is 14.3. The number of hydrogen-bond donors (Lipinski definition) is 2. The molecule has 0 aliphatic heterocycles. The molecular formula is C16H25N3O2. The van der Waals surface area contributed by atoms with E-state index in [0.29, 0.717) is 6.61 Å². The standard InChI is InChI=1S/C16H25N3O2/c1-19(2)9-10-21-13-6-3-5-12(11-13)18-16(20)14-7-4-8-15(14)17/h3,5-6,11,14-15H,4,7-10,17H2,1-2H3,(H,18,20). The van der Waals surface area contributed by atoms with Crippen molar-refractivity contribution in [3.05, 3.63) is 24.3 Å². The van der Waals surface area contributed by atoms with Gasteiger partial charge in [0.15, 0.2) is 0 Å². The molecule has 21 heavy (non-hydrogen) atoms. The lowest BCUT2D eigenvalue weighted by Crippen LogP contribution is -2.34. The Morgan fingerprint density at radius 3 is 2.90 bits per heavy atom. The number of anilines is 1. The van der Waals surface area contributed by atoms with E-state index in [9.17, 15) is 4.79 Å². The van der Waals surface area contributed by atoms with Crippen LogP contribution in [0.1, 0.15) is 19.3 Å². The minimum Gasteiger partial charge on any atom is -0.492 e. The van der Waals surface area contributed by atoms with Crippen molar-refractivity contribution in [1.82, 2.24) is 4.90 Å². The van der Waals surface area contributed by atoms with Crippen molar-refractivity contribution in [2.24, 2.45) is 11.7 Å². The maximum absolute atomic E-state index is 12.2. The fourth-order valence-electron chi connectivity index (χ4n) is 2.56. The largest absolute Gasteiger partial charge is 0.492 e. The molecule has 1 fully saturated rings. The van der Waals surface area contributed by atoms with Crippen LogP contribution in [0.5, 0.6) is 5.75 Å². The number of ether oxygens (including phenoxy) is 1. The quantitative estimate of drug-likeness (QED) is 0.837. The van der Waals surface area contributed by atoms with Crippen LogP contribution in [0.4, 0.5) is 5.69 Å². The molecule has 2 atom stereocenters. The van der Waals surface area contributed by atoms with Crippen LogP contribution in [0.3, 0.4) is 0 Å². The molecule has 1 aliphatic carbocycles. The van der Waals surface area contributed by atoms with Gasteiger partial charge in [-0.2, -0.15) is 0 Å². The lowest BCUT2D eigenvalue weighted by Gasteiger charge is -2.16. The highest BCUT2D eigenvalue weighted by molar-refractivity contribution is 5.93. The second-order valence-corrected chi connectivity index (χ2v) is 5.87. The Kier molecular flexibility index (Phi) is 5.59. The topological polar surface area (TPSA) is 67.6 Å². The van der Waals surface area contributed by atoms with Crippen LogP contribution < -0.4 is 15.8 Å². The average Bonchev–Trinajstić information content (AvgIpc) is 2.85. The number of likely N-dealkylation sites (N-methyl/N-ethyl adjacent to an activating group) is 1. The summed E-state index contributed by atoms with van der Waals surface area (Å²) in [5, 5.41) is 2.94. The third-order valence-corrected chi connectivity index (χ3v) is 3.81. The maximum atomic E-state index is 12.2. The predicted octanol–water partition coefficient (Wildman–Crippen LogP) is 1.69. The van der Waals surface area contributed by atoms with E-state index < -0.39 is 0 Å². The van der Waals surface area contributed by atoms with E-state index in [4.69, 9.17) is 10.5 Å². The second kappa shape index (κ2) is 7.43. The maximum Gasteiger partial charge on any atom is 0.229 e. The fraction of sp³-hybridized carbons (Fsp3) is 0.562. The first-order valence-corrected chi connectivity index (χ1v) is 7.50. The van der Waals surface area contributed by atoms with Crippen molar-refractivity contribution in [2.75, 3.05) is 32.6 Å². The summed E-state index contributed by atoms with van der Waals surface area (Å²) in [5.41, 5.74) is 6.73. The van der Waals surface area contributed by atoms with E-state index in [0.717, 1.165) is 37.2 Å². The first-order chi connectivity index (χ1) is 10.1. The van der Waals surface area contributed by atoms with Gasteiger partial charge in [0.05, 0.1) is 5.92 Å². The van der Waals surface area contributed by atoms with Crippen molar-refractivity contribution < 1.29 is 9.53 Å². The monoisotopic (exact) mass is 291 g/mol. The SMILES string of the molecule is CN(C)CCOc1cccc(NC(=O)C2CCCC2N)c1. The zero-order valence-corrected chi connectivity index (χ0v) is 12.8. The summed E-state index contributed by atoms with van der Waals surface area (Å²) in [5.74, 6) is 0.721. The van der Waals surface area contributed by atoms with Crippen molar-refractivity contribution in [3.8, 4) is 5.75 Å². The van der Waals surface area contributed by atoms with Crippen LogP contribution in [-0.2, 0) is 4.79 Å². The third-order valence-electron chi connectivity index (χ3n) is 3.81. The summed E-state index contributed by atoms with van der Waals surface area (Å²) in [7, 11) is 4.01. The number of amides is 1. The van der Waals surface area contributed by atoms with Crippen molar-refractivity contribution in [2.45, 2.75) is 25.3 Å². The van der Waals surface area contributed by atoms with Gasteiger partial charge >= 0.3 is 0 Å². The first-order valence-electron chi connectivity index (χ1n) is 7.50. The minimum atomic E-state index is -0.0664. The van der Waals surface area contributed by atoms with Crippen LogP contribution in [0.25, 0.3) is 0 Å². The van der Waals surface area contributed by atoms with Crippen LogP contribution in [0.15, 0.2) is 24.3 Å². The van der Waals surface area contributed by atoms with Gasteiger partial charge in [0.1, 0.15) is 12.4 Å². The lowest BCUT2D eigenvalue weighted by molar-refractivity contribution is -0.120. The Bertz CT molecular complexity index is 476. The molecule has 1 amide bonds. The molecule has 1 aromatic rings. The summed E-state index contributed by atoms with van der Waals surface area (Å²) >= 11 is 0. The minimum absolute atomic E-state index is 0.00970. The third kappa shape index (κ3) is 4.72. The highest BCUT2D eigenvalue weighted by atomic mass is 16.5. The van der Waals surface area contributed by atoms with E-state index >= 15 is 0 Å². The Balaban J connectivity index is 1.89. The Morgan fingerprint density at radius 2 is 2.24 bits per heavy atom. The molecular weight excluding hydrogens is 266 g/mol. The fourth-order valence-corrected chi connectivity index (χ4v) is 2.56. The van der Waals surface area contributed by atoms with Crippen molar-refractivity contribution >= 4 is 11.6 Å². The van der Waals surface area contributed by atoms with E-state index in [1.54, 1.807) is 0 Å². The van der Waals surface area contributed by atoms with Gasteiger partial charge < -0.3 is 20.7 Å². The Labute approximate surface area is 126 Å². The summed E-state index contributed by atoms with van der Waals surface area (Å²) in [6.07, 6.45) is 2.85. The van der Waals surface area contributed by atoms with Crippen LogP contribution in [0, 0.1) is 5.92 Å². The second-order valence-electron chi connectivity index (χ2n) is 5.87. The normalized spacial score (nSPS) is 21.5. The molecule has 116 valence electrons. The molecule has 2 unspecified atom stereocenters. The van der Waals surface area contributed by atoms with Crippen molar-refractivity contribution in [3.63, 3.8) is 0 Å². The number of rotatable bonds is 6. The van der Waals surface area contributed by atoms with Gasteiger partial charge in [-0.1, -0.05) is 12.5 Å². The number of nitrogens with two attached hydrogens (primary N) is 1. The Morgan fingerprint density at radius 1 is 1.43 bits per heavy atom. The van der Waals surface area contributed by atoms with Gasteiger partial charge in [-0.15, -0.1) is 0 Å². The van der Waals surface area contributed by atoms with Gasteiger partial charge in [-0.25, -0.2) is 0 Å². The number of hydrogen-bond acceptors (Lipinski definition) is 4. The van der Waals surface area contributed by atoms with Gasteiger partial charge in [-0.3, -0.25) is 4.79 Å². The highest BCUT2D eigenvalue weighted by Crippen LogP contribution is 2.26. The molecule has 0 radical (unpaired) electrons. The molecule has 3 N–H and O–H groups in total. The highest BCUT2D eigenvalue weighted by Gasteiger charge is 2.30. The molecule has 5 nitrogen and oxygen atoms in total. The molecule has 0 bridgehead atoms. The molecule has 1 aromatic carbocycles. The van der Waals surface area contributed by atoms with Crippen molar-refractivity contribution in [1.29, 1.82) is 0 Å². The van der Waals surface area contributed by atoms with Gasteiger partial charge in [0.2, 0.25) is 5.91 Å². The number of carbonyl (C=O) groups excluding carboxylic acids is 1. The number of carbonyl (C=O) groups is 1. The number of nitrogens with one attached hydrogen (secondary N) is 1. The molecule has 0 spiro atoms. The number of nitrogens with zero attached hydrogens (tertiary/aromatic N) is 1. The molecule has 1 saturated carbocycles. The molecule has 5 heteroatoms. The molecule has 1 aliphatic rings. The molecule has 2 rings (SSSR count). The van der Waals surface area contributed by atoms with Gasteiger partial charge in [0, 0.05) is 24.3 Å². The summed E-state index contributed by atoms with van der Waals surface area (Å²) < 4.78 is 5.67. The van der Waals surface area contributed by atoms with Gasteiger partial charge in [-0.05, 0) is 39.1 Å². The molecule has 0 heterocycles. The van der Waals surface area contributed by atoms with E-state index in [-0.39, 0.29) is 17.9 Å². The predicted molar refractivity (Wildman–Crippen MR) is 84.4 cm³/mol. The summed E-state index contributed by atoms with van der Waals surface area (Å²) in [6, 6.07) is 7.50. The summed E-state index contributed by atoms with van der Waals surface area (Å²) in [6.45, 7) is 1.48. The van der Waals surface area contributed by atoms with Gasteiger partial charge in [0.25, 0.3) is 0 Å². The zero-order chi connectivity index (χ0) is 15.2. The van der Waals surface area contributed by atoms with Crippen LogP contribution in [0.2, 0.25) is 0 Å². The smallest absolute Gasteiger partial charge is 0.229 e. The van der Waals surface area contributed by atoms with Crippen LogP contribution >= 0.6 is 0 Å². The van der Waals surface area contributed by atoms with E-state index in [1.807, 2.05) is 38.4 Å². The molecule has 0 aromatic heterocycles. The average molecular weight is 291 g/mol. The van der Waals surface area contributed by atoms with E-state index in [1.165, 1.54) is 0 Å². The molecule has 0 saturated heterocycles. The lowest BCUT2D eigenvalue weighted by atomic mass is 10.0. The Hall–Kier alpha value is -1.59. The zero-order valence-electron chi connectivity index (χ0n) is 12.8. The van der Waals surface area contributed by atoms with E-state index in [2.05, 4.69) is 10.2 Å². The van der Waals surface area contributed by atoms with Crippen LogP contribution in [-0.4, -0.2) is 44.1 Å². The number of benzene rings is 1.